The third-order valence-electron chi connectivity index (χ3n) is 3.12. The minimum Gasteiger partial charge on any atom is -0.396 e. The number of halogens is 5. The Bertz CT molecular complexity index is 785. The fourth-order valence-corrected chi connectivity index (χ4v) is 1.92. The van der Waals surface area contributed by atoms with Gasteiger partial charge in [0.25, 0.3) is 0 Å². The molecule has 0 bridgehead atoms. The van der Waals surface area contributed by atoms with Crippen LogP contribution in [0.4, 0.5) is 27.6 Å². The van der Waals surface area contributed by atoms with Crippen LogP contribution >= 0.6 is 0 Å². The smallest absolute Gasteiger partial charge is 0.396 e. The number of nitrogen functional groups attached to an aromatic ring is 1. The maximum Gasteiger partial charge on any atom is 0.451 e. The van der Waals surface area contributed by atoms with Gasteiger partial charge in [0.15, 0.2) is 0 Å². The van der Waals surface area contributed by atoms with Gasteiger partial charge in [-0.1, -0.05) is 0 Å². The Balaban J connectivity index is 2.61. The van der Waals surface area contributed by atoms with Crippen molar-refractivity contribution in [2.75, 3.05) is 5.73 Å². The van der Waals surface area contributed by atoms with E-state index in [1.165, 1.54) is 0 Å². The van der Waals surface area contributed by atoms with Crippen LogP contribution in [0.2, 0.25) is 0 Å². The normalized spacial score (nSPS) is 12.5. The number of anilines is 1. The molecule has 0 radical (unpaired) electrons. The molecule has 0 atom stereocenters. The molecule has 4 nitrogen and oxygen atoms in total. The first kappa shape index (κ1) is 19.0. The van der Waals surface area contributed by atoms with Crippen LogP contribution in [-0.4, -0.2) is 15.6 Å². The number of benzene rings is 1. The highest BCUT2D eigenvalue weighted by Gasteiger charge is 2.35. The van der Waals surface area contributed by atoms with Gasteiger partial charge in [-0.3, -0.25) is 0 Å². The molecule has 136 valence electrons. The van der Waals surface area contributed by atoms with Crippen LogP contribution in [0.5, 0.6) is 0 Å². The molecule has 0 spiro atoms. The van der Waals surface area contributed by atoms with Gasteiger partial charge in [-0.05, 0) is 26.8 Å². The van der Waals surface area contributed by atoms with Crippen molar-refractivity contribution in [3.63, 3.8) is 0 Å². The van der Waals surface area contributed by atoms with Crippen LogP contribution in [-0.2, 0) is 17.5 Å². The van der Waals surface area contributed by atoms with Crippen molar-refractivity contribution in [1.29, 1.82) is 0 Å². The molecule has 9 heteroatoms. The molecule has 0 aliphatic heterocycles. The Morgan fingerprint density at radius 2 is 1.72 bits per heavy atom. The van der Waals surface area contributed by atoms with E-state index >= 15 is 0 Å². The van der Waals surface area contributed by atoms with Crippen LogP contribution in [0.3, 0.4) is 0 Å². The highest BCUT2D eigenvalue weighted by molar-refractivity contribution is 5.67. The zero-order chi connectivity index (χ0) is 19.0. The molecule has 0 fully saturated rings. The molecule has 0 saturated heterocycles. The molecule has 0 aliphatic rings. The summed E-state index contributed by atoms with van der Waals surface area (Å²) in [5.41, 5.74) is 3.80. The average Bonchev–Trinajstić information content (AvgIpc) is 2.47. The van der Waals surface area contributed by atoms with E-state index in [1.807, 2.05) is 0 Å². The first-order valence-corrected chi connectivity index (χ1v) is 7.20. The fraction of sp³-hybridized carbons (Fsp3) is 0.375. The zero-order valence-corrected chi connectivity index (χ0v) is 13.7. The third kappa shape index (κ3) is 4.62. The third-order valence-corrected chi connectivity index (χ3v) is 3.12. The standard InChI is InChI=1S/C16H16F5N3O/c1-15(2,3)25-7-8-6-23-14(16(19,20)21)24-13(8)9-4-12(22)11(18)5-10(9)17/h4-6H,7,22H2,1-3H3. The second-order valence-corrected chi connectivity index (χ2v) is 6.32. The largest absolute Gasteiger partial charge is 0.451 e. The molecule has 25 heavy (non-hydrogen) atoms. The van der Waals surface area contributed by atoms with E-state index in [1.54, 1.807) is 20.8 Å². The summed E-state index contributed by atoms with van der Waals surface area (Å²) >= 11 is 0. The molecule has 1 aromatic heterocycles. The first-order valence-electron chi connectivity index (χ1n) is 7.20. The van der Waals surface area contributed by atoms with Gasteiger partial charge in [-0.15, -0.1) is 0 Å². The molecule has 2 aromatic rings. The number of hydrogen-bond acceptors (Lipinski definition) is 4. The molecule has 2 N–H and O–H groups in total. The van der Waals surface area contributed by atoms with E-state index in [4.69, 9.17) is 10.5 Å². The number of alkyl halides is 3. The predicted molar refractivity (Wildman–Crippen MR) is 81.3 cm³/mol. The quantitative estimate of drug-likeness (QED) is 0.653. The molecule has 2 rings (SSSR count). The van der Waals surface area contributed by atoms with E-state index in [0.29, 0.717) is 6.07 Å². The lowest BCUT2D eigenvalue weighted by Gasteiger charge is -2.21. The van der Waals surface area contributed by atoms with Crippen LogP contribution in [0.1, 0.15) is 32.2 Å². The van der Waals surface area contributed by atoms with Gasteiger partial charge in [-0.25, -0.2) is 18.7 Å². The maximum absolute atomic E-state index is 14.1. The molecule has 0 amide bonds. The van der Waals surface area contributed by atoms with Crippen LogP contribution in [0.25, 0.3) is 11.3 Å². The summed E-state index contributed by atoms with van der Waals surface area (Å²) in [6.07, 6.45) is -3.91. The van der Waals surface area contributed by atoms with E-state index in [2.05, 4.69) is 9.97 Å². The second-order valence-electron chi connectivity index (χ2n) is 6.32. The van der Waals surface area contributed by atoms with E-state index < -0.39 is 34.9 Å². The van der Waals surface area contributed by atoms with Crippen molar-refractivity contribution in [2.24, 2.45) is 0 Å². The Morgan fingerprint density at radius 1 is 1.08 bits per heavy atom. The molecular weight excluding hydrogens is 345 g/mol. The number of hydrogen-bond donors (Lipinski definition) is 1. The molecular formula is C16H16F5N3O. The lowest BCUT2D eigenvalue weighted by Crippen LogP contribution is -2.20. The summed E-state index contributed by atoms with van der Waals surface area (Å²) in [5, 5.41) is 0. The van der Waals surface area contributed by atoms with Crippen LogP contribution in [0, 0.1) is 11.6 Å². The number of nitrogens with zero attached hydrogens (tertiary/aromatic N) is 2. The molecule has 0 saturated carbocycles. The average molecular weight is 361 g/mol. The second kappa shape index (κ2) is 6.55. The minimum absolute atomic E-state index is 0.118. The van der Waals surface area contributed by atoms with Crippen molar-refractivity contribution >= 4 is 5.69 Å². The molecule has 0 unspecified atom stereocenters. The van der Waals surface area contributed by atoms with Gasteiger partial charge >= 0.3 is 6.18 Å². The number of rotatable bonds is 3. The summed E-state index contributed by atoms with van der Waals surface area (Å²) in [7, 11) is 0. The molecule has 1 heterocycles. The minimum atomic E-state index is -4.82. The Labute approximate surface area is 140 Å². The number of ether oxygens (including phenoxy) is 1. The van der Waals surface area contributed by atoms with Gasteiger partial charge in [0.2, 0.25) is 5.82 Å². The monoisotopic (exact) mass is 361 g/mol. The maximum atomic E-state index is 14.1. The summed E-state index contributed by atoms with van der Waals surface area (Å²) in [4.78, 5) is 6.67. The van der Waals surface area contributed by atoms with Crippen molar-refractivity contribution in [3.05, 3.63) is 41.4 Å². The zero-order valence-electron chi connectivity index (χ0n) is 13.7. The van der Waals surface area contributed by atoms with Gasteiger partial charge in [-0.2, -0.15) is 13.2 Å². The molecule has 1 aromatic carbocycles. The van der Waals surface area contributed by atoms with Crippen molar-refractivity contribution in [2.45, 2.75) is 39.2 Å². The number of nitrogens with two attached hydrogens (primary N) is 1. The topological polar surface area (TPSA) is 61.0 Å². The SMILES string of the molecule is CC(C)(C)OCc1cnc(C(F)(F)F)nc1-c1cc(N)c(F)cc1F. The Kier molecular flexibility index (Phi) is 4.99. The van der Waals surface area contributed by atoms with Gasteiger partial charge in [0, 0.05) is 23.4 Å². The van der Waals surface area contributed by atoms with Crippen molar-refractivity contribution in [3.8, 4) is 11.3 Å². The molecule has 0 aliphatic carbocycles. The lowest BCUT2D eigenvalue weighted by molar-refractivity contribution is -0.145. The summed E-state index contributed by atoms with van der Waals surface area (Å²) in [6.45, 7) is 5.07. The predicted octanol–water partition coefficient (Wildman–Crippen LogP) is 4.34. The summed E-state index contributed by atoms with van der Waals surface area (Å²) in [5.74, 6) is -3.54. The Morgan fingerprint density at radius 3 is 2.28 bits per heavy atom. The number of aromatic nitrogens is 2. The van der Waals surface area contributed by atoms with E-state index in [-0.39, 0.29) is 23.4 Å². The van der Waals surface area contributed by atoms with E-state index in [9.17, 15) is 22.0 Å². The van der Waals surface area contributed by atoms with Crippen molar-refractivity contribution in [1.82, 2.24) is 9.97 Å². The van der Waals surface area contributed by atoms with Crippen molar-refractivity contribution < 1.29 is 26.7 Å². The highest BCUT2D eigenvalue weighted by Crippen LogP contribution is 2.32. The van der Waals surface area contributed by atoms with Gasteiger partial charge in [0.1, 0.15) is 11.6 Å². The first-order chi connectivity index (χ1) is 11.4. The van der Waals surface area contributed by atoms with Gasteiger partial charge < -0.3 is 10.5 Å². The van der Waals surface area contributed by atoms with Crippen LogP contribution in [0.15, 0.2) is 18.3 Å². The highest BCUT2D eigenvalue weighted by atomic mass is 19.4. The summed E-state index contributed by atoms with van der Waals surface area (Å²) in [6, 6.07) is 1.39. The van der Waals surface area contributed by atoms with Gasteiger partial charge in [0.05, 0.1) is 23.6 Å². The lowest BCUT2D eigenvalue weighted by atomic mass is 10.1. The van der Waals surface area contributed by atoms with E-state index in [0.717, 1.165) is 12.3 Å². The van der Waals surface area contributed by atoms with Crippen LogP contribution < -0.4 is 5.73 Å². The Hall–Kier alpha value is -2.29. The summed E-state index contributed by atoms with van der Waals surface area (Å²) < 4.78 is 71.7. The fourth-order valence-electron chi connectivity index (χ4n) is 1.92.